The molecule has 0 spiro atoms. The molecule has 1 unspecified atom stereocenters. The van der Waals surface area contributed by atoms with Crippen LogP contribution in [0, 0.1) is 12.8 Å². The first kappa shape index (κ1) is 19.6. The molecule has 1 aromatic heterocycles. The molecule has 0 aliphatic heterocycles. The summed E-state index contributed by atoms with van der Waals surface area (Å²) in [7, 11) is 0. The van der Waals surface area contributed by atoms with Crippen LogP contribution in [0.15, 0.2) is 12.4 Å². The van der Waals surface area contributed by atoms with E-state index >= 15 is 0 Å². The van der Waals surface area contributed by atoms with Crippen LogP contribution < -0.4 is 11.1 Å². The molecule has 0 bridgehead atoms. The van der Waals surface area contributed by atoms with Crippen LogP contribution in [0.5, 0.6) is 0 Å². The number of amides is 1. The Morgan fingerprint density at radius 2 is 2.22 bits per heavy atom. The largest absolute Gasteiger partial charge is 0.356 e. The highest BCUT2D eigenvalue weighted by atomic mass is 35.5. The van der Waals surface area contributed by atoms with Crippen molar-refractivity contribution in [2.75, 3.05) is 13.1 Å². The summed E-state index contributed by atoms with van der Waals surface area (Å²) in [4.78, 5) is 15.4. The zero-order valence-corrected chi connectivity index (χ0v) is 12.4. The second-order valence-corrected chi connectivity index (χ2v) is 4.07. The van der Waals surface area contributed by atoms with Crippen molar-refractivity contribution in [3.8, 4) is 0 Å². The summed E-state index contributed by atoms with van der Waals surface area (Å²) in [6.07, 6.45) is 4.14. The Labute approximate surface area is 120 Å². The van der Waals surface area contributed by atoms with E-state index in [4.69, 9.17) is 5.73 Å². The number of nitrogens with two attached hydrogens (primary N) is 1. The predicted octanol–water partition coefficient (Wildman–Crippen LogP) is 1.14. The van der Waals surface area contributed by atoms with Gasteiger partial charge in [0.15, 0.2) is 0 Å². The van der Waals surface area contributed by atoms with Gasteiger partial charge in [-0.05, 0) is 12.8 Å². The van der Waals surface area contributed by atoms with E-state index in [1.54, 1.807) is 6.20 Å². The molecule has 0 aliphatic carbocycles. The molecule has 18 heavy (non-hydrogen) atoms. The van der Waals surface area contributed by atoms with Crippen LogP contribution in [0.4, 0.5) is 0 Å². The van der Waals surface area contributed by atoms with Crippen molar-refractivity contribution in [2.24, 2.45) is 11.7 Å². The lowest BCUT2D eigenvalue weighted by Gasteiger charge is -2.14. The van der Waals surface area contributed by atoms with Crippen molar-refractivity contribution in [3.63, 3.8) is 0 Å². The third-order valence-electron chi connectivity index (χ3n) is 2.45. The maximum atomic E-state index is 11.2. The van der Waals surface area contributed by atoms with Crippen LogP contribution in [-0.4, -0.2) is 28.5 Å². The SMILES string of the molecule is Cc1nccn1CC(C)CNC(=O)CCN.Cl.Cl. The number of nitrogens with zero attached hydrogens (tertiary/aromatic N) is 2. The molecule has 0 saturated carbocycles. The smallest absolute Gasteiger partial charge is 0.221 e. The van der Waals surface area contributed by atoms with Crippen LogP contribution in [0.2, 0.25) is 0 Å². The Balaban J connectivity index is 0. The first-order valence-electron chi connectivity index (χ1n) is 5.58. The number of carbonyl (C=O) groups excluding carboxylic acids is 1. The highest BCUT2D eigenvalue weighted by Crippen LogP contribution is 2.02. The molecular weight excluding hydrogens is 275 g/mol. The van der Waals surface area contributed by atoms with Gasteiger partial charge in [0.2, 0.25) is 5.91 Å². The van der Waals surface area contributed by atoms with E-state index in [1.165, 1.54) is 0 Å². The lowest BCUT2D eigenvalue weighted by atomic mass is 10.2. The van der Waals surface area contributed by atoms with Gasteiger partial charge in [-0.1, -0.05) is 6.92 Å². The topological polar surface area (TPSA) is 72.9 Å². The number of rotatable bonds is 6. The second-order valence-electron chi connectivity index (χ2n) is 4.07. The van der Waals surface area contributed by atoms with Gasteiger partial charge in [0.1, 0.15) is 5.82 Å². The average molecular weight is 297 g/mol. The van der Waals surface area contributed by atoms with E-state index in [1.807, 2.05) is 13.1 Å². The monoisotopic (exact) mass is 296 g/mol. The minimum atomic E-state index is 0. The van der Waals surface area contributed by atoms with Crippen LogP contribution in [-0.2, 0) is 11.3 Å². The standard InChI is InChI=1S/C11H20N4O.2ClH/c1-9(7-14-11(16)3-4-12)8-15-6-5-13-10(15)2;;/h5-6,9H,3-4,7-8,12H2,1-2H3,(H,14,16);2*1H. The van der Waals surface area contributed by atoms with Crippen molar-refractivity contribution in [2.45, 2.75) is 26.8 Å². The van der Waals surface area contributed by atoms with E-state index < -0.39 is 0 Å². The molecule has 1 aromatic rings. The molecule has 0 radical (unpaired) electrons. The summed E-state index contributed by atoms with van der Waals surface area (Å²) in [6.45, 7) is 6.02. The molecule has 7 heteroatoms. The first-order valence-corrected chi connectivity index (χ1v) is 5.58. The summed E-state index contributed by atoms with van der Waals surface area (Å²) in [5.74, 6) is 1.41. The van der Waals surface area contributed by atoms with Gasteiger partial charge in [-0.15, -0.1) is 24.8 Å². The van der Waals surface area contributed by atoms with E-state index in [0.29, 0.717) is 25.4 Å². The quantitative estimate of drug-likeness (QED) is 0.827. The molecule has 1 heterocycles. The maximum Gasteiger partial charge on any atom is 0.221 e. The highest BCUT2D eigenvalue weighted by molar-refractivity contribution is 5.85. The molecule has 0 fully saturated rings. The molecule has 3 N–H and O–H groups in total. The minimum Gasteiger partial charge on any atom is -0.356 e. The zero-order valence-electron chi connectivity index (χ0n) is 10.8. The molecule has 0 aliphatic rings. The van der Waals surface area contributed by atoms with Crippen LogP contribution in [0.25, 0.3) is 0 Å². The highest BCUT2D eigenvalue weighted by Gasteiger charge is 2.06. The van der Waals surface area contributed by atoms with E-state index in [2.05, 4.69) is 21.8 Å². The predicted molar refractivity (Wildman–Crippen MR) is 77.3 cm³/mol. The van der Waals surface area contributed by atoms with Crippen molar-refractivity contribution in [3.05, 3.63) is 18.2 Å². The van der Waals surface area contributed by atoms with Crippen LogP contribution in [0.1, 0.15) is 19.2 Å². The van der Waals surface area contributed by atoms with Gasteiger partial charge in [0.05, 0.1) is 0 Å². The average Bonchev–Trinajstić information content (AvgIpc) is 2.62. The summed E-state index contributed by atoms with van der Waals surface area (Å²) >= 11 is 0. The molecule has 0 aromatic carbocycles. The number of aromatic nitrogens is 2. The van der Waals surface area contributed by atoms with Gasteiger partial charge in [-0.3, -0.25) is 4.79 Å². The summed E-state index contributed by atoms with van der Waals surface area (Å²) < 4.78 is 2.08. The number of halogens is 2. The number of carbonyl (C=O) groups is 1. The van der Waals surface area contributed by atoms with Crippen molar-refractivity contribution in [1.82, 2.24) is 14.9 Å². The fourth-order valence-corrected chi connectivity index (χ4v) is 1.50. The van der Waals surface area contributed by atoms with Crippen molar-refractivity contribution in [1.29, 1.82) is 0 Å². The van der Waals surface area contributed by atoms with Crippen molar-refractivity contribution < 1.29 is 4.79 Å². The van der Waals surface area contributed by atoms with E-state index in [0.717, 1.165) is 12.4 Å². The maximum absolute atomic E-state index is 11.2. The molecule has 5 nitrogen and oxygen atoms in total. The van der Waals surface area contributed by atoms with Gasteiger partial charge in [0.25, 0.3) is 0 Å². The molecule has 1 amide bonds. The van der Waals surface area contributed by atoms with Gasteiger partial charge in [-0.2, -0.15) is 0 Å². The third-order valence-corrected chi connectivity index (χ3v) is 2.45. The van der Waals surface area contributed by atoms with Crippen molar-refractivity contribution >= 4 is 30.7 Å². The molecule has 0 saturated heterocycles. The molecular formula is C11H22Cl2N4O. The molecule has 1 atom stereocenters. The first-order chi connectivity index (χ1) is 7.63. The van der Waals surface area contributed by atoms with Gasteiger partial charge in [-0.25, -0.2) is 4.98 Å². The fraction of sp³-hybridized carbons (Fsp3) is 0.636. The molecule has 106 valence electrons. The Morgan fingerprint density at radius 3 is 2.72 bits per heavy atom. The minimum absolute atomic E-state index is 0. The molecule has 1 rings (SSSR count). The summed E-state index contributed by atoms with van der Waals surface area (Å²) in [5.41, 5.74) is 5.29. The number of hydrogen-bond donors (Lipinski definition) is 2. The third kappa shape index (κ3) is 6.83. The summed E-state index contributed by atoms with van der Waals surface area (Å²) in [6, 6.07) is 0. The Morgan fingerprint density at radius 1 is 1.56 bits per heavy atom. The zero-order chi connectivity index (χ0) is 12.0. The number of aryl methyl sites for hydroxylation is 1. The second kappa shape index (κ2) is 10.2. The summed E-state index contributed by atoms with van der Waals surface area (Å²) in [5, 5.41) is 2.86. The van der Waals surface area contributed by atoms with Gasteiger partial charge < -0.3 is 15.6 Å². The van der Waals surface area contributed by atoms with Gasteiger partial charge in [0, 0.05) is 38.4 Å². The Hall–Kier alpha value is -0.780. The number of hydrogen-bond acceptors (Lipinski definition) is 3. The Kier molecular flexibility index (Phi) is 11.1. The Bertz CT molecular complexity index is 344. The lowest BCUT2D eigenvalue weighted by Crippen LogP contribution is -2.31. The van der Waals surface area contributed by atoms with E-state index in [-0.39, 0.29) is 30.7 Å². The van der Waals surface area contributed by atoms with Crippen LogP contribution >= 0.6 is 24.8 Å². The number of imidazole rings is 1. The number of nitrogens with one attached hydrogen (secondary N) is 1. The van der Waals surface area contributed by atoms with E-state index in [9.17, 15) is 4.79 Å². The van der Waals surface area contributed by atoms with Gasteiger partial charge >= 0.3 is 0 Å². The normalized spacial score (nSPS) is 11.1. The lowest BCUT2D eigenvalue weighted by molar-refractivity contribution is -0.121. The fourth-order valence-electron chi connectivity index (χ4n) is 1.50. The van der Waals surface area contributed by atoms with Crippen LogP contribution in [0.3, 0.4) is 0 Å².